The summed E-state index contributed by atoms with van der Waals surface area (Å²) in [7, 11) is 0. The number of nitrogens with one attached hydrogen (secondary N) is 2. The van der Waals surface area contributed by atoms with Crippen molar-refractivity contribution in [1.82, 2.24) is 10.3 Å². The van der Waals surface area contributed by atoms with Crippen LogP contribution in [0.5, 0.6) is 0 Å². The van der Waals surface area contributed by atoms with E-state index in [1.54, 1.807) is 6.20 Å². The normalized spacial score (nSPS) is 16.0. The molecule has 1 aromatic heterocycles. The fraction of sp³-hybridized carbons (Fsp3) is 0.375. The van der Waals surface area contributed by atoms with Crippen molar-refractivity contribution in [3.8, 4) is 0 Å². The Balaban J connectivity index is 1.90. The summed E-state index contributed by atoms with van der Waals surface area (Å²) in [6.45, 7) is 2.98. The van der Waals surface area contributed by atoms with Gasteiger partial charge in [-0.1, -0.05) is 18.2 Å². The quantitative estimate of drug-likeness (QED) is 0.799. The fourth-order valence-corrected chi connectivity index (χ4v) is 2.85. The molecule has 1 aliphatic rings. The number of amides is 1. The molecule has 2 aromatic rings. The van der Waals surface area contributed by atoms with Crippen molar-refractivity contribution in [2.24, 2.45) is 11.7 Å². The number of nitrogens with zero attached hydrogens (tertiary/aromatic N) is 1. The van der Waals surface area contributed by atoms with E-state index in [9.17, 15) is 4.79 Å². The molecule has 0 unspecified atom stereocenters. The lowest BCUT2D eigenvalue weighted by molar-refractivity contribution is 0.100. The Hall–Kier alpha value is -2.14. The lowest BCUT2D eigenvalue weighted by Gasteiger charge is -2.24. The van der Waals surface area contributed by atoms with Crippen LogP contribution in [0.2, 0.25) is 0 Å². The maximum Gasteiger partial charge on any atom is 0.252 e. The molecule has 2 heterocycles. The average molecular weight is 284 g/mol. The van der Waals surface area contributed by atoms with Crippen molar-refractivity contribution in [3.63, 3.8) is 0 Å². The fourth-order valence-electron chi connectivity index (χ4n) is 2.85. The highest BCUT2D eigenvalue weighted by molar-refractivity contribution is 6.06. The van der Waals surface area contributed by atoms with Gasteiger partial charge in [0, 0.05) is 18.1 Å². The number of hydrogen-bond acceptors (Lipinski definition) is 4. The van der Waals surface area contributed by atoms with Gasteiger partial charge in [0.15, 0.2) is 0 Å². The van der Waals surface area contributed by atoms with E-state index in [1.165, 1.54) is 0 Å². The summed E-state index contributed by atoms with van der Waals surface area (Å²) in [6.07, 6.45) is 3.87. The van der Waals surface area contributed by atoms with Crippen LogP contribution in [-0.4, -0.2) is 30.5 Å². The number of carbonyl (C=O) groups excluding carboxylic acids is 1. The number of benzene rings is 1. The molecular weight excluding hydrogens is 264 g/mol. The third-order valence-corrected chi connectivity index (χ3v) is 4.07. The number of fused-ring (bicyclic) bond motifs is 1. The second kappa shape index (κ2) is 6.10. The van der Waals surface area contributed by atoms with E-state index in [1.807, 2.05) is 24.3 Å². The Morgan fingerprint density at radius 3 is 2.86 bits per heavy atom. The number of aromatic nitrogens is 1. The Morgan fingerprint density at radius 1 is 1.33 bits per heavy atom. The van der Waals surface area contributed by atoms with Gasteiger partial charge >= 0.3 is 0 Å². The van der Waals surface area contributed by atoms with Crippen LogP contribution in [-0.2, 0) is 0 Å². The third-order valence-electron chi connectivity index (χ3n) is 4.07. The second-order valence-electron chi connectivity index (χ2n) is 5.50. The monoisotopic (exact) mass is 284 g/mol. The zero-order valence-corrected chi connectivity index (χ0v) is 11.9. The highest BCUT2D eigenvalue weighted by Crippen LogP contribution is 2.26. The number of primary amides is 1. The van der Waals surface area contributed by atoms with Crippen LogP contribution in [0.3, 0.4) is 0 Å². The topological polar surface area (TPSA) is 80.0 Å². The van der Waals surface area contributed by atoms with Crippen molar-refractivity contribution in [2.75, 3.05) is 25.0 Å². The minimum Gasteiger partial charge on any atom is -0.384 e. The summed E-state index contributed by atoms with van der Waals surface area (Å²) in [5.41, 5.74) is 7.63. The van der Waals surface area contributed by atoms with Crippen molar-refractivity contribution in [2.45, 2.75) is 12.8 Å². The molecule has 1 fully saturated rings. The molecule has 110 valence electrons. The van der Waals surface area contributed by atoms with E-state index in [0.29, 0.717) is 11.5 Å². The highest BCUT2D eigenvalue weighted by atomic mass is 16.1. The van der Waals surface area contributed by atoms with Crippen LogP contribution in [0.1, 0.15) is 23.2 Å². The highest BCUT2D eigenvalue weighted by Gasteiger charge is 2.16. The van der Waals surface area contributed by atoms with Gasteiger partial charge in [0.25, 0.3) is 5.91 Å². The second-order valence-corrected chi connectivity index (χ2v) is 5.50. The van der Waals surface area contributed by atoms with E-state index in [2.05, 4.69) is 15.6 Å². The van der Waals surface area contributed by atoms with E-state index in [-0.39, 0.29) is 0 Å². The molecule has 0 spiro atoms. The van der Waals surface area contributed by atoms with Crippen LogP contribution >= 0.6 is 0 Å². The summed E-state index contributed by atoms with van der Waals surface area (Å²) in [5, 5.41) is 7.75. The predicted octanol–water partition coefficient (Wildman–Crippen LogP) is 1.75. The van der Waals surface area contributed by atoms with E-state index in [4.69, 9.17) is 5.73 Å². The van der Waals surface area contributed by atoms with E-state index < -0.39 is 5.91 Å². The first-order chi connectivity index (χ1) is 10.3. The molecule has 5 nitrogen and oxygen atoms in total. The summed E-state index contributed by atoms with van der Waals surface area (Å²) in [4.78, 5) is 16.0. The Kier molecular flexibility index (Phi) is 4.01. The van der Waals surface area contributed by atoms with E-state index in [0.717, 1.165) is 49.1 Å². The average Bonchev–Trinajstić information content (AvgIpc) is 2.53. The number of anilines is 1. The lowest BCUT2D eigenvalue weighted by Crippen LogP contribution is -2.31. The number of nitrogens with two attached hydrogens (primary N) is 1. The SMILES string of the molecule is NC(=O)c1cnc2ccccc2c1NCC1CCNCC1. The molecule has 0 radical (unpaired) electrons. The zero-order chi connectivity index (χ0) is 14.7. The molecule has 0 bridgehead atoms. The molecule has 0 saturated carbocycles. The minimum absolute atomic E-state index is 0.443. The molecule has 0 aliphatic carbocycles. The van der Waals surface area contributed by atoms with Gasteiger partial charge in [-0.3, -0.25) is 9.78 Å². The Bertz CT molecular complexity index is 650. The van der Waals surface area contributed by atoms with Gasteiger partial charge < -0.3 is 16.4 Å². The Morgan fingerprint density at radius 2 is 2.10 bits per heavy atom. The van der Waals surface area contributed by atoms with Gasteiger partial charge in [-0.2, -0.15) is 0 Å². The molecular formula is C16H20N4O. The van der Waals surface area contributed by atoms with Gasteiger partial charge in [0.05, 0.1) is 16.8 Å². The number of piperidine rings is 1. The third kappa shape index (κ3) is 2.97. The van der Waals surface area contributed by atoms with Gasteiger partial charge in [-0.05, 0) is 37.9 Å². The summed E-state index contributed by atoms with van der Waals surface area (Å²) >= 11 is 0. The van der Waals surface area contributed by atoms with Crippen LogP contribution in [0.25, 0.3) is 10.9 Å². The molecule has 1 aliphatic heterocycles. The summed E-state index contributed by atoms with van der Waals surface area (Å²) in [5.74, 6) is 0.181. The maximum absolute atomic E-state index is 11.6. The smallest absolute Gasteiger partial charge is 0.252 e. The largest absolute Gasteiger partial charge is 0.384 e. The van der Waals surface area contributed by atoms with Gasteiger partial charge in [-0.25, -0.2) is 0 Å². The maximum atomic E-state index is 11.6. The van der Waals surface area contributed by atoms with Crippen LogP contribution in [0, 0.1) is 5.92 Å². The summed E-state index contributed by atoms with van der Waals surface area (Å²) < 4.78 is 0. The van der Waals surface area contributed by atoms with Gasteiger partial charge in [0.2, 0.25) is 0 Å². The first kappa shape index (κ1) is 13.8. The van der Waals surface area contributed by atoms with Gasteiger partial charge in [-0.15, -0.1) is 0 Å². The predicted molar refractivity (Wildman–Crippen MR) is 84.3 cm³/mol. The first-order valence-corrected chi connectivity index (χ1v) is 7.38. The number of hydrogen-bond donors (Lipinski definition) is 3. The van der Waals surface area contributed by atoms with Crippen LogP contribution < -0.4 is 16.4 Å². The van der Waals surface area contributed by atoms with Crippen LogP contribution in [0.4, 0.5) is 5.69 Å². The van der Waals surface area contributed by atoms with Gasteiger partial charge in [0.1, 0.15) is 0 Å². The lowest BCUT2D eigenvalue weighted by atomic mass is 9.97. The molecule has 3 rings (SSSR count). The number of para-hydroxylation sites is 1. The van der Waals surface area contributed by atoms with E-state index >= 15 is 0 Å². The van der Waals surface area contributed by atoms with Crippen molar-refractivity contribution >= 4 is 22.5 Å². The zero-order valence-electron chi connectivity index (χ0n) is 11.9. The summed E-state index contributed by atoms with van der Waals surface area (Å²) in [6, 6.07) is 7.80. The standard InChI is InChI=1S/C16H20N4O/c17-16(21)13-10-19-14-4-2-1-3-12(14)15(13)20-9-11-5-7-18-8-6-11/h1-4,10-11,18H,5-9H2,(H2,17,21)(H,19,20). The molecule has 1 saturated heterocycles. The molecule has 1 amide bonds. The molecule has 1 aromatic carbocycles. The molecule has 21 heavy (non-hydrogen) atoms. The Labute approximate surface area is 123 Å². The first-order valence-electron chi connectivity index (χ1n) is 7.38. The van der Waals surface area contributed by atoms with Crippen LogP contribution in [0.15, 0.2) is 30.5 Å². The minimum atomic E-state index is -0.443. The molecule has 0 atom stereocenters. The van der Waals surface area contributed by atoms with Crippen molar-refractivity contribution < 1.29 is 4.79 Å². The van der Waals surface area contributed by atoms with Crippen molar-refractivity contribution in [1.29, 1.82) is 0 Å². The molecule has 4 N–H and O–H groups in total. The number of pyridine rings is 1. The number of carbonyl (C=O) groups is 1. The molecule has 5 heteroatoms. The number of rotatable bonds is 4. The van der Waals surface area contributed by atoms with Crippen molar-refractivity contribution in [3.05, 3.63) is 36.0 Å².